The SMILES string of the molecule is C=C(C)[C@H](C)OCC. The lowest BCUT2D eigenvalue weighted by Gasteiger charge is -2.09. The topological polar surface area (TPSA) is 9.23 Å². The molecule has 0 fully saturated rings. The van der Waals surface area contributed by atoms with E-state index in [2.05, 4.69) is 6.58 Å². The second-order valence-corrected chi connectivity index (χ2v) is 1.94. The van der Waals surface area contributed by atoms with E-state index in [4.69, 9.17) is 4.74 Å². The summed E-state index contributed by atoms with van der Waals surface area (Å²) in [6.45, 7) is 10.5. The molecular formula is C7H14O. The third-order valence-corrected chi connectivity index (χ3v) is 1.11. The maximum atomic E-state index is 5.20. The fraction of sp³-hybridized carbons (Fsp3) is 0.714. The molecule has 0 amide bonds. The first kappa shape index (κ1) is 7.70. The van der Waals surface area contributed by atoms with Crippen LogP contribution in [0.5, 0.6) is 0 Å². The van der Waals surface area contributed by atoms with Gasteiger partial charge >= 0.3 is 0 Å². The minimum Gasteiger partial charge on any atom is -0.374 e. The van der Waals surface area contributed by atoms with Gasteiger partial charge in [0.15, 0.2) is 0 Å². The molecule has 0 saturated heterocycles. The van der Waals surface area contributed by atoms with Crippen molar-refractivity contribution in [2.45, 2.75) is 26.9 Å². The zero-order valence-electron chi connectivity index (χ0n) is 5.90. The molecule has 0 saturated carbocycles. The van der Waals surface area contributed by atoms with E-state index in [0.29, 0.717) is 0 Å². The van der Waals surface area contributed by atoms with Crippen molar-refractivity contribution in [2.75, 3.05) is 6.61 Å². The first-order chi connectivity index (χ1) is 3.68. The molecule has 0 unspecified atom stereocenters. The second kappa shape index (κ2) is 3.67. The van der Waals surface area contributed by atoms with Gasteiger partial charge in [-0.25, -0.2) is 0 Å². The number of ether oxygens (including phenoxy) is 1. The molecule has 0 aromatic rings. The van der Waals surface area contributed by atoms with Gasteiger partial charge in [0.2, 0.25) is 0 Å². The lowest BCUT2D eigenvalue weighted by molar-refractivity contribution is 0.102. The quantitative estimate of drug-likeness (QED) is 0.510. The Kier molecular flexibility index (Phi) is 3.53. The summed E-state index contributed by atoms with van der Waals surface area (Å²) in [4.78, 5) is 0. The third-order valence-electron chi connectivity index (χ3n) is 1.11. The van der Waals surface area contributed by atoms with Crippen molar-refractivity contribution in [3.05, 3.63) is 12.2 Å². The van der Waals surface area contributed by atoms with Crippen LogP contribution >= 0.6 is 0 Å². The van der Waals surface area contributed by atoms with Crippen LogP contribution in [0.2, 0.25) is 0 Å². The van der Waals surface area contributed by atoms with Gasteiger partial charge in [-0.05, 0) is 20.8 Å². The molecule has 1 heteroatoms. The Morgan fingerprint density at radius 1 is 1.75 bits per heavy atom. The normalized spacial score (nSPS) is 13.4. The van der Waals surface area contributed by atoms with Gasteiger partial charge < -0.3 is 4.74 Å². The largest absolute Gasteiger partial charge is 0.374 e. The van der Waals surface area contributed by atoms with E-state index < -0.39 is 0 Å². The standard InChI is InChI=1S/C7H14O/c1-5-8-7(4)6(2)3/h7H,2,5H2,1,3-4H3/t7-/m0/s1. The Morgan fingerprint density at radius 3 is 2.38 bits per heavy atom. The molecule has 0 spiro atoms. The van der Waals surface area contributed by atoms with Crippen molar-refractivity contribution in [3.8, 4) is 0 Å². The molecular weight excluding hydrogens is 100 g/mol. The molecule has 1 atom stereocenters. The smallest absolute Gasteiger partial charge is 0.0751 e. The van der Waals surface area contributed by atoms with Crippen LogP contribution in [0.4, 0.5) is 0 Å². The molecule has 0 heterocycles. The second-order valence-electron chi connectivity index (χ2n) is 1.94. The van der Waals surface area contributed by atoms with E-state index in [1.165, 1.54) is 0 Å². The van der Waals surface area contributed by atoms with E-state index >= 15 is 0 Å². The summed E-state index contributed by atoms with van der Waals surface area (Å²) in [5.74, 6) is 0. The molecule has 0 aliphatic heterocycles. The van der Waals surface area contributed by atoms with Crippen molar-refractivity contribution in [2.24, 2.45) is 0 Å². The van der Waals surface area contributed by atoms with Gasteiger partial charge in [-0.15, -0.1) is 0 Å². The van der Waals surface area contributed by atoms with Crippen LogP contribution in [0, 0.1) is 0 Å². The molecule has 0 N–H and O–H groups in total. The highest BCUT2D eigenvalue weighted by Gasteiger charge is 1.97. The molecule has 1 nitrogen and oxygen atoms in total. The van der Waals surface area contributed by atoms with Gasteiger partial charge in [-0.1, -0.05) is 12.2 Å². The Morgan fingerprint density at radius 2 is 2.25 bits per heavy atom. The summed E-state index contributed by atoms with van der Waals surface area (Å²) in [7, 11) is 0. The maximum absolute atomic E-state index is 5.20. The molecule has 48 valence electrons. The van der Waals surface area contributed by atoms with E-state index in [9.17, 15) is 0 Å². The molecule has 0 rings (SSSR count). The summed E-state index contributed by atoms with van der Waals surface area (Å²) in [6, 6.07) is 0. The van der Waals surface area contributed by atoms with Crippen molar-refractivity contribution in [1.29, 1.82) is 0 Å². The van der Waals surface area contributed by atoms with Crippen LogP contribution in [0.3, 0.4) is 0 Å². The zero-order chi connectivity index (χ0) is 6.57. The predicted molar refractivity (Wildman–Crippen MR) is 35.9 cm³/mol. The molecule has 0 aromatic heterocycles. The summed E-state index contributed by atoms with van der Waals surface area (Å²) in [5, 5.41) is 0. The van der Waals surface area contributed by atoms with E-state index in [-0.39, 0.29) is 6.10 Å². The summed E-state index contributed by atoms with van der Waals surface area (Å²) < 4.78 is 5.20. The van der Waals surface area contributed by atoms with Crippen LogP contribution in [0.25, 0.3) is 0 Å². The molecule has 8 heavy (non-hydrogen) atoms. The summed E-state index contributed by atoms with van der Waals surface area (Å²) >= 11 is 0. The monoisotopic (exact) mass is 114 g/mol. The molecule has 0 aromatic carbocycles. The Labute approximate surface area is 51.4 Å². The Balaban J connectivity index is 3.32. The highest BCUT2D eigenvalue weighted by molar-refractivity contribution is 4.94. The Bertz CT molecular complexity index is 76.5. The van der Waals surface area contributed by atoms with E-state index in [0.717, 1.165) is 12.2 Å². The van der Waals surface area contributed by atoms with Gasteiger partial charge in [-0.2, -0.15) is 0 Å². The average molecular weight is 114 g/mol. The van der Waals surface area contributed by atoms with Gasteiger partial charge in [0.25, 0.3) is 0 Å². The minimum atomic E-state index is 0.222. The number of rotatable bonds is 3. The van der Waals surface area contributed by atoms with Gasteiger partial charge in [0.1, 0.15) is 0 Å². The van der Waals surface area contributed by atoms with Crippen LogP contribution < -0.4 is 0 Å². The number of hydrogen-bond acceptors (Lipinski definition) is 1. The predicted octanol–water partition coefficient (Wildman–Crippen LogP) is 1.99. The van der Waals surface area contributed by atoms with Crippen molar-refractivity contribution < 1.29 is 4.74 Å². The third kappa shape index (κ3) is 2.80. The lowest BCUT2D eigenvalue weighted by Crippen LogP contribution is -2.07. The molecule has 0 radical (unpaired) electrons. The minimum absolute atomic E-state index is 0.222. The lowest BCUT2D eigenvalue weighted by atomic mass is 10.2. The van der Waals surface area contributed by atoms with Crippen molar-refractivity contribution >= 4 is 0 Å². The van der Waals surface area contributed by atoms with Crippen molar-refractivity contribution in [1.82, 2.24) is 0 Å². The van der Waals surface area contributed by atoms with Gasteiger partial charge in [0.05, 0.1) is 6.10 Å². The highest BCUT2D eigenvalue weighted by Crippen LogP contribution is 2.00. The first-order valence-corrected chi connectivity index (χ1v) is 2.95. The average Bonchev–Trinajstić information content (AvgIpc) is 1.67. The molecule has 0 aliphatic rings. The van der Waals surface area contributed by atoms with Crippen LogP contribution in [-0.4, -0.2) is 12.7 Å². The van der Waals surface area contributed by atoms with Crippen molar-refractivity contribution in [3.63, 3.8) is 0 Å². The van der Waals surface area contributed by atoms with Crippen LogP contribution in [-0.2, 0) is 4.74 Å². The summed E-state index contributed by atoms with van der Waals surface area (Å²) in [5.41, 5.74) is 1.09. The van der Waals surface area contributed by atoms with Crippen LogP contribution in [0.1, 0.15) is 20.8 Å². The van der Waals surface area contributed by atoms with Gasteiger partial charge in [0, 0.05) is 6.61 Å². The zero-order valence-corrected chi connectivity index (χ0v) is 5.90. The summed E-state index contributed by atoms with van der Waals surface area (Å²) in [6.07, 6.45) is 0.222. The van der Waals surface area contributed by atoms with E-state index in [1.807, 2.05) is 20.8 Å². The van der Waals surface area contributed by atoms with Gasteiger partial charge in [-0.3, -0.25) is 0 Å². The maximum Gasteiger partial charge on any atom is 0.0751 e. The fourth-order valence-electron chi connectivity index (χ4n) is 0.392. The van der Waals surface area contributed by atoms with Crippen LogP contribution in [0.15, 0.2) is 12.2 Å². The number of hydrogen-bond donors (Lipinski definition) is 0. The molecule has 0 aliphatic carbocycles. The Hall–Kier alpha value is -0.300. The molecule has 0 bridgehead atoms. The first-order valence-electron chi connectivity index (χ1n) is 2.95. The van der Waals surface area contributed by atoms with E-state index in [1.54, 1.807) is 0 Å². The fourth-order valence-corrected chi connectivity index (χ4v) is 0.392. The highest BCUT2D eigenvalue weighted by atomic mass is 16.5.